The summed E-state index contributed by atoms with van der Waals surface area (Å²) in [4.78, 5) is 19.9. The minimum atomic E-state index is -0.195. The molecule has 6 nitrogen and oxygen atoms in total. The van der Waals surface area contributed by atoms with Crippen LogP contribution >= 0.6 is 0 Å². The summed E-state index contributed by atoms with van der Waals surface area (Å²) in [5.74, 6) is -0.195. The number of anilines is 2. The number of benzene rings is 2. The molecule has 6 heteroatoms. The van der Waals surface area contributed by atoms with Gasteiger partial charge in [0.05, 0.1) is 11.3 Å². The Morgan fingerprint density at radius 3 is 2.53 bits per heavy atom. The molecule has 1 fully saturated rings. The summed E-state index contributed by atoms with van der Waals surface area (Å²) in [7, 11) is 0. The molecule has 0 bridgehead atoms. The largest absolute Gasteiger partial charge is 0.371 e. The molecule has 4 aromatic rings. The lowest BCUT2D eigenvalue weighted by Gasteiger charge is -2.20. The highest BCUT2D eigenvalue weighted by molar-refractivity contribution is 6.08. The van der Waals surface area contributed by atoms with Crippen LogP contribution in [-0.2, 0) is 0 Å². The predicted molar refractivity (Wildman–Crippen MR) is 127 cm³/mol. The molecule has 0 aliphatic carbocycles. The van der Waals surface area contributed by atoms with Gasteiger partial charge < -0.3 is 10.2 Å². The van der Waals surface area contributed by atoms with Gasteiger partial charge in [0.2, 0.25) is 0 Å². The Labute approximate surface area is 187 Å². The average molecular weight is 424 g/mol. The SMILES string of the molecule is Cc1cc(NC(=O)c2cn(-c3ccccc3)nc2-c2cccnc2)ccc1N1CCCC1. The van der Waals surface area contributed by atoms with Gasteiger partial charge in [-0.2, -0.15) is 5.10 Å². The van der Waals surface area contributed by atoms with Crippen LogP contribution in [0.3, 0.4) is 0 Å². The van der Waals surface area contributed by atoms with Crippen molar-refractivity contribution in [2.24, 2.45) is 0 Å². The number of rotatable bonds is 5. The Morgan fingerprint density at radius 1 is 1.00 bits per heavy atom. The summed E-state index contributed by atoms with van der Waals surface area (Å²) in [6.45, 7) is 4.29. The molecule has 0 spiro atoms. The van der Waals surface area contributed by atoms with Gasteiger partial charge >= 0.3 is 0 Å². The number of nitrogens with one attached hydrogen (secondary N) is 1. The van der Waals surface area contributed by atoms with Crippen molar-refractivity contribution in [2.75, 3.05) is 23.3 Å². The van der Waals surface area contributed by atoms with E-state index in [4.69, 9.17) is 5.10 Å². The zero-order valence-electron chi connectivity index (χ0n) is 18.0. The Morgan fingerprint density at radius 2 is 1.81 bits per heavy atom. The lowest BCUT2D eigenvalue weighted by Crippen LogP contribution is -2.19. The summed E-state index contributed by atoms with van der Waals surface area (Å²) in [5, 5.41) is 7.77. The second kappa shape index (κ2) is 8.67. The van der Waals surface area contributed by atoms with Crippen LogP contribution < -0.4 is 10.2 Å². The lowest BCUT2D eigenvalue weighted by molar-refractivity contribution is 0.102. The van der Waals surface area contributed by atoms with Crippen molar-refractivity contribution in [1.82, 2.24) is 14.8 Å². The number of aryl methyl sites for hydroxylation is 1. The third-order valence-corrected chi connectivity index (χ3v) is 5.82. The number of pyridine rings is 1. The minimum absolute atomic E-state index is 0.195. The molecule has 32 heavy (non-hydrogen) atoms. The molecule has 3 heterocycles. The van der Waals surface area contributed by atoms with Crippen LogP contribution in [0.15, 0.2) is 79.3 Å². The van der Waals surface area contributed by atoms with Crippen LogP contribution in [0.4, 0.5) is 11.4 Å². The van der Waals surface area contributed by atoms with Gasteiger partial charge in [0.25, 0.3) is 5.91 Å². The van der Waals surface area contributed by atoms with Crippen molar-refractivity contribution in [1.29, 1.82) is 0 Å². The molecule has 1 amide bonds. The van der Waals surface area contributed by atoms with E-state index < -0.39 is 0 Å². The number of para-hydroxylation sites is 1. The van der Waals surface area contributed by atoms with Crippen LogP contribution in [0.1, 0.15) is 28.8 Å². The Balaban J connectivity index is 1.46. The Kier molecular flexibility index (Phi) is 5.42. The molecule has 2 aromatic carbocycles. The summed E-state index contributed by atoms with van der Waals surface area (Å²) >= 11 is 0. The van der Waals surface area contributed by atoms with Gasteiger partial charge in [-0.1, -0.05) is 18.2 Å². The second-order valence-corrected chi connectivity index (χ2v) is 8.06. The fraction of sp³-hybridized carbons (Fsp3) is 0.192. The molecule has 1 saturated heterocycles. The number of amides is 1. The van der Waals surface area contributed by atoms with Crippen molar-refractivity contribution < 1.29 is 4.79 Å². The maximum absolute atomic E-state index is 13.3. The first-order valence-electron chi connectivity index (χ1n) is 10.9. The smallest absolute Gasteiger partial charge is 0.259 e. The third kappa shape index (κ3) is 3.99. The van der Waals surface area contributed by atoms with Gasteiger partial charge in [0.1, 0.15) is 5.69 Å². The maximum Gasteiger partial charge on any atom is 0.259 e. The highest BCUT2D eigenvalue weighted by Gasteiger charge is 2.20. The molecule has 1 aliphatic heterocycles. The zero-order valence-corrected chi connectivity index (χ0v) is 18.0. The van der Waals surface area contributed by atoms with Crippen LogP contribution in [0.5, 0.6) is 0 Å². The number of hydrogen-bond acceptors (Lipinski definition) is 4. The van der Waals surface area contributed by atoms with Gasteiger partial charge in [-0.3, -0.25) is 9.78 Å². The summed E-state index contributed by atoms with van der Waals surface area (Å²) in [6, 6.07) is 19.7. The van der Waals surface area contributed by atoms with E-state index in [1.165, 1.54) is 18.5 Å². The predicted octanol–water partition coefficient (Wildman–Crippen LogP) is 5.10. The van der Waals surface area contributed by atoms with E-state index in [-0.39, 0.29) is 5.91 Å². The van der Waals surface area contributed by atoms with Gasteiger partial charge in [0.15, 0.2) is 0 Å². The van der Waals surface area contributed by atoms with E-state index in [0.717, 1.165) is 35.6 Å². The highest BCUT2D eigenvalue weighted by Crippen LogP contribution is 2.28. The Bertz CT molecular complexity index is 1230. The molecule has 1 N–H and O–H groups in total. The van der Waals surface area contributed by atoms with E-state index in [1.807, 2.05) is 54.6 Å². The normalized spacial score (nSPS) is 13.3. The van der Waals surface area contributed by atoms with Gasteiger partial charge in [-0.15, -0.1) is 0 Å². The molecule has 160 valence electrons. The topological polar surface area (TPSA) is 63.1 Å². The fourth-order valence-electron chi connectivity index (χ4n) is 4.21. The van der Waals surface area contributed by atoms with E-state index in [9.17, 15) is 4.79 Å². The standard InChI is InChI=1S/C26H25N5O/c1-19-16-21(11-12-24(19)30-14-5-6-15-30)28-26(32)23-18-31(22-9-3-2-4-10-22)29-25(23)20-8-7-13-27-17-20/h2-4,7-13,16-18H,5-6,14-15H2,1H3,(H,28,32). The van der Waals surface area contributed by atoms with E-state index in [0.29, 0.717) is 11.3 Å². The third-order valence-electron chi connectivity index (χ3n) is 5.82. The van der Waals surface area contributed by atoms with Crippen molar-refractivity contribution >= 4 is 17.3 Å². The first-order chi connectivity index (χ1) is 15.7. The van der Waals surface area contributed by atoms with Crippen molar-refractivity contribution in [3.63, 3.8) is 0 Å². The summed E-state index contributed by atoms with van der Waals surface area (Å²) in [6.07, 6.45) is 7.69. The van der Waals surface area contributed by atoms with Crippen LogP contribution in [0, 0.1) is 6.92 Å². The number of nitrogens with zero attached hydrogens (tertiary/aromatic N) is 4. The molecule has 1 aliphatic rings. The molecule has 0 saturated carbocycles. The van der Waals surface area contributed by atoms with Crippen LogP contribution in [0.2, 0.25) is 0 Å². The van der Waals surface area contributed by atoms with Crippen LogP contribution in [0.25, 0.3) is 16.9 Å². The van der Waals surface area contributed by atoms with Crippen molar-refractivity contribution in [3.05, 3.63) is 90.4 Å². The fourth-order valence-corrected chi connectivity index (χ4v) is 4.21. The quantitative estimate of drug-likeness (QED) is 0.485. The van der Waals surface area contributed by atoms with E-state index in [2.05, 4.69) is 28.2 Å². The highest BCUT2D eigenvalue weighted by atomic mass is 16.1. The molecule has 5 rings (SSSR count). The zero-order chi connectivity index (χ0) is 21.9. The van der Waals surface area contributed by atoms with Crippen molar-refractivity contribution in [2.45, 2.75) is 19.8 Å². The average Bonchev–Trinajstić information content (AvgIpc) is 3.51. The monoisotopic (exact) mass is 423 g/mol. The number of hydrogen-bond donors (Lipinski definition) is 1. The number of aromatic nitrogens is 3. The van der Waals surface area contributed by atoms with Crippen LogP contribution in [-0.4, -0.2) is 33.8 Å². The molecule has 0 radical (unpaired) electrons. The molecule has 0 unspecified atom stereocenters. The van der Waals surface area contributed by atoms with E-state index in [1.54, 1.807) is 23.3 Å². The summed E-state index contributed by atoms with van der Waals surface area (Å²) in [5.41, 5.74) is 5.98. The lowest BCUT2D eigenvalue weighted by atomic mass is 10.1. The van der Waals surface area contributed by atoms with Crippen molar-refractivity contribution in [3.8, 4) is 16.9 Å². The van der Waals surface area contributed by atoms with Gasteiger partial charge in [-0.05, 0) is 67.8 Å². The van der Waals surface area contributed by atoms with Gasteiger partial charge in [-0.25, -0.2) is 4.68 Å². The number of carbonyl (C=O) groups is 1. The maximum atomic E-state index is 13.3. The summed E-state index contributed by atoms with van der Waals surface area (Å²) < 4.78 is 1.74. The second-order valence-electron chi connectivity index (χ2n) is 8.06. The Hall–Kier alpha value is -3.93. The minimum Gasteiger partial charge on any atom is -0.371 e. The first kappa shape index (κ1) is 20.0. The molecular formula is C26H25N5O. The molecular weight excluding hydrogens is 398 g/mol. The first-order valence-corrected chi connectivity index (χ1v) is 10.9. The van der Waals surface area contributed by atoms with E-state index >= 15 is 0 Å². The van der Waals surface area contributed by atoms with Gasteiger partial charge in [0, 0.05) is 48.6 Å². The molecule has 0 atom stereocenters. The number of carbonyl (C=O) groups excluding carboxylic acids is 1. The molecule has 2 aromatic heterocycles.